The van der Waals surface area contributed by atoms with E-state index in [1.807, 2.05) is 6.92 Å². The highest BCUT2D eigenvalue weighted by Gasteiger charge is 2.16. The lowest BCUT2D eigenvalue weighted by atomic mass is 10.1. The van der Waals surface area contributed by atoms with Crippen molar-refractivity contribution < 1.29 is 19.7 Å². The molecule has 0 aromatic heterocycles. The van der Waals surface area contributed by atoms with Crippen LogP contribution in [0, 0.1) is 6.92 Å². The number of unbranched alkanes of at least 4 members (excludes halogenated alkanes) is 1. The Morgan fingerprint density at radius 3 is 2.62 bits per heavy atom. The maximum absolute atomic E-state index is 11.6. The van der Waals surface area contributed by atoms with Gasteiger partial charge in [0.2, 0.25) is 0 Å². The first-order valence-electron chi connectivity index (χ1n) is 5.26. The molecule has 0 aliphatic rings. The van der Waals surface area contributed by atoms with Crippen LogP contribution >= 0.6 is 0 Å². The predicted molar refractivity (Wildman–Crippen MR) is 59.7 cm³/mol. The van der Waals surface area contributed by atoms with Crippen molar-refractivity contribution in [1.29, 1.82) is 0 Å². The maximum Gasteiger partial charge on any atom is 0.342 e. The Kier molecular flexibility index (Phi) is 4.17. The van der Waals surface area contributed by atoms with Crippen molar-refractivity contribution in [3.05, 3.63) is 23.3 Å². The smallest absolute Gasteiger partial charge is 0.342 e. The summed E-state index contributed by atoms with van der Waals surface area (Å²) in [7, 11) is 0. The maximum atomic E-state index is 11.6. The van der Waals surface area contributed by atoms with Crippen molar-refractivity contribution in [1.82, 2.24) is 0 Å². The molecule has 1 aromatic carbocycles. The van der Waals surface area contributed by atoms with Gasteiger partial charge in [0.15, 0.2) is 0 Å². The average molecular weight is 224 g/mol. The summed E-state index contributed by atoms with van der Waals surface area (Å²) in [6.45, 7) is 3.97. The molecule has 0 fully saturated rings. The number of esters is 1. The van der Waals surface area contributed by atoms with Gasteiger partial charge in [0.05, 0.1) is 6.61 Å². The topological polar surface area (TPSA) is 66.8 Å². The number of aryl methyl sites for hydroxylation is 1. The molecule has 1 aromatic rings. The second kappa shape index (κ2) is 5.39. The second-order valence-corrected chi connectivity index (χ2v) is 3.65. The van der Waals surface area contributed by atoms with E-state index >= 15 is 0 Å². The first kappa shape index (κ1) is 12.4. The molecular weight excluding hydrogens is 208 g/mol. The number of rotatable bonds is 4. The monoisotopic (exact) mass is 224 g/mol. The summed E-state index contributed by atoms with van der Waals surface area (Å²) in [4.78, 5) is 11.6. The molecule has 0 atom stereocenters. The number of aromatic hydroxyl groups is 2. The predicted octanol–water partition coefficient (Wildman–Crippen LogP) is 2.36. The van der Waals surface area contributed by atoms with Gasteiger partial charge in [-0.15, -0.1) is 0 Å². The first-order valence-corrected chi connectivity index (χ1v) is 5.26. The van der Waals surface area contributed by atoms with Crippen molar-refractivity contribution >= 4 is 5.97 Å². The third-order valence-electron chi connectivity index (χ3n) is 2.23. The van der Waals surface area contributed by atoms with Crippen LogP contribution in [0.4, 0.5) is 0 Å². The minimum atomic E-state index is -0.552. The van der Waals surface area contributed by atoms with Gasteiger partial charge in [-0.2, -0.15) is 0 Å². The molecule has 2 N–H and O–H groups in total. The van der Waals surface area contributed by atoms with Crippen molar-refractivity contribution in [3.8, 4) is 11.5 Å². The number of hydrogen-bond acceptors (Lipinski definition) is 4. The highest BCUT2D eigenvalue weighted by Crippen LogP contribution is 2.27. The van der Waals surface area contributed by atoms with Gasteiger partial charge in [0.25, 0.3) is 0 Å². The van der Waals surface area contributed by atoms with E-state index in [9.17, 15) is 15.0 Å². The summed E-state index contributed by atoms with van der Waals surface area (Å²) >= 11 is 0. The SMILES string of the molecule is CCCCOC(=O)c1c(C)cc(O)cc1O. The quantitative estimate of drug-likeness (QED) is 0.608. The van der Waals surface area contributed by atoms with Gasteiger partial charge in [0.1, 0.15) is 17.1 Å². The van der Waals surface area contributed by atoms with Crippen molar-refractivity contribution in [2.45, 2.75) is 26.7 Å². The van der Waals surface area contributed by atoms with Gasteiger partial charge in [-0.1, -0.05) is 13.3 Å². The van der Waals surface area contributed by atoms with Crippen LogP contribution in [0.1, 0.15) is 35.7 Å². The molecule has 16 heavy (non-hydrogen) atoms. The van der Waals surface area contributed by atoms with Crippen LogP contribution in [0.15, 0.2) is 12.1 Å². The molecule has 4 heteroatoms. The number of phenolic OH excluding ortho intramolecular Hbond substituents is 2. The molecule has 0 spiro atoms. The van der Waals surface area contributed by atoms with Crippen molar-refractivity contribution in [2.75, 3.05) is 6.61 Å². The summed E-state index contributed by atoms with van der Waals surface area (Å²) in [6.07, 6.45) is 1.73. The fourth-order valence-corrected chi connectivity index (χ4v) is 1.40. The molecule has 4 nitrogen and oxygen atoms in total. The van der Waals surface area contributed by atoms with Gasteiger partial charge >= 0.3 is 5.97 Å². The molecule has 88 valence electrons. The lowest BCUT2D eigenvalue weighted by Crippen LogP contribution is -2.08. The highest BCUT2D eigenvalue weighted by atomic mass is 16.5. The van der Waals surface area contributed by atoms with E-state index in [2.05, 4.69) is 0 Å². The summed E-state index contributed by atoms with van der Waals surface area (Å²) in [6, 6.07) is 2.54. The lowest BCUT2D eigenvalue weighted by molar-refractivity contribution is 0.0495. The molecular formula is C12H16O4. The zero-order valence-corrected chi connectivity index (χ0v) is 9.49. The molecule has 1 rings (SSSR count). The molecule has 0 heterocycles. The Morgan fingerprint density at radius 1 is 1.38 bits per heavy atom. The molecule has 0 saturated carbocycles. The Hall–Kier alpha value is -1.71. The normalized spacial score (nSPS) is 10.1. The van der Waals surface area contributed by atoms with Crippen LogP contribution in [0.3, 0.4) is 0 Å². The Labute approximate surface area is 94.5 Å². The number of benzene rings is 1. The van der Waals surface area contributed by atoms with E-state index in [0.29, 0.717) is 12.2 Å². The van der Waals surface area contributed by atoms with Gasteiger partial charge in [0, 0.05) is 6.07 Å². The van der Waals surface area contributed by atoms with Crippen LogP contribution in [-0.2, 0) is 4.74 Å². The number of phenols is 2. The number of ether oxygens (including phenoxy) is 1. The van der Waals surface area contributed by atoms with Crippen LogP contribution < -0.4 is 0 Å². The van der Waals surface area contributed by atoms with Crippen LogP contribution in [0.5, 0.6) is 11.5 Å². The summed E-state index contributed by atoms with van der Waals surface area (Å²) < 4.78 is 4.99. The van der Waals surface area contributed by atoms with E-state index in [-0.39, 0.29) is 17.1 Å². The third-order valence-corrected chi connectivity index (χ3v) is 2.23. The van der Waals surface area contributed by atoms with Gasteiger partial charge < -0.3 is 14.9 Å². The largest absolute Gasteiger partial charge is 0.508 e. The zero-order chi connectivity index (χ0) is 12.1. The number of carbonyl (C=O) groups is 1. The Balaban J connectivity index is 2.83. The number of hydrogen-bond donors (Lipinski definition) is 2. The van der Waals surface area contributed by atoms with Gasteiger partial charge in [-0.05, 0) is 25.0 Å². The standard InChI is InChI=1S/C12H16O4/c1-3-4-5-16-12(15)11-8(2)6-9(13)7-10(11)14/h6-7,13-14H,3-5H2,1-2H3. The second-order valence-electron chi connectivity index (χ2n) is 3.65. The minimum absolute atomic E-state index is 0.0693. The summed E-state index contributed by atoms with van der Waals surface area (Å²) in [5, 5.41) is 18.7. The molecule has 0 radical (unpaired) electrons. The third kappa shape index (κ3) is 2.89. The van der Waals surface area contributed by atoms with Gasteiger partial charge in [-0.25, -0.2) is 4.79 Å². The molecule has 0 unspecified atom stereocenters. The zero-order valence-electron chi connectivity index (χ0n) is 9.49. The van der Waals surface area contributed by atoms with Crippen molar-refractivity contribution in [2.24, 2.45) is 0 Å². The fourth-order valence-electron chi connectivity index (χ4n) is 1.40. The van der Waals surface area contributed by atoms with Crippen LogP contribution in [-0.4, -0.2) is 22.8 Å². The Morgan fingerprint density at radius 2 is 2.06 bits per heavy atom. The van der Waals surface area contributed by atoms with Crippen LogP contribution in [0.25, 0.3) is 0 Å². The van der Waals surface area contributed by atoms with Crippen molar-refractivity contribution in [3.63, 3.8) is 0 Å². The van der Waals surface area contributed by atoms with E-state index in [1.54, 1.807) is 6.92 Å². The van der Waals surface area contributed by atoms with Gasteiger partial charge in [-0.3, -0.25) is 0 Å². The molecule has 0 bridgehead atoms. The minimum Gasteiger partial charge on any atom is -0.508 e. The van der Waals surface area contributed by atoms with E-state index < -0.39 is 5.97 Å². The fraction of sp³-hybridized carbons (Fsp3) is 0.417. The number of carbonyl (C=O) groups excluding carboxylic acids is 1. The highest BCUT2D eigenvalue weighted by molar-refractivity contribution is 5.94. The summed E-state index contributed by atoms with van der Waals surface area (Å²) in [5.74, 6) is -0.873. The van der Waals surface area contributed by atoms with E-state index in [0.717, 1.165) is 18.9 Å². The lowest BCUT2D eigenvalue weighted by Gasteiger charge is -2.08. The molecule has 0 amide bonds. The molecule has 0 saturated heterocycles. The summed E-state index contributed by atoms with van der Waals surface area (Å²) in [5.41, 5.74) is 0.618. The first-order chi connectivity index (χ1) is 7.56. The van der Waals surface area contributed by atoms with E-state index in [4.69, 9.17) is 4.74 Å². The Bertz CT molecular complexity index is 362. The molecule has 0 aliphatic carbocycles. The van der Waals surface area contributed by atoms with E-state index in [1.165, 1.54) is 6.07 Å². The van der Waals surface area contributed by atoms with Crippen LogP contribution in [0.2, 0.25) is 0 Å². The molecule has 0 aliphatic heterocycles. The average Bonchev–Trinajstić information content (AvgIpc) is 2.16.